The molecular formula is C40H47N2OS+. The highest BCUT2D eigenvalue weighted by atomic mass is 32.1. The van der Waals surface area contributed by atoms with Crippen molar-refractivity contribution in [3.05, 3.63) is 83.5 Å². The van der Waals surface area contributed by atoms with Gasteiger partial charge in [-0.3, -0.25) is 0 Å². The number of rotatable bonds is 10. The second-order valence-corrected chi connectivity index (χ2v) is 15.3. The van der Waals surface area contributed by atoms with Gasteiger partial charge in [-0.2, -0.15) is 4.40 Å². The SMILES string of the molecule is C=CC1C(CCOCC(C)(C)[C@H](CC)C(C)CC)c2c3ccccc3cc3c4ccc5sc(C)c(C)c5c4n4cc[n+]1c4c23. The van der Waals surface area contributed by atoms with Crippen LogP contribution in [0.3, 0.4) is 0 Å². The van der Waals surface area contributed by atoms with E-state index in [1.54, 1.807) is 0 Å². The zero-order chi connectivity index (χ0) is 30.9. The Hall–Kier alpha value is -3.21. The van der Waals surface area contributed by atoms with Crippen molar-refractivity contribution >= 4 is 59.5 Å². The molecule has 3 aromatic carbocycles. The third kappa shape index (κ3) is 4.28. The minimum atomic E-state index is 0.152. The van der Waals surface area contributed by atoms with E-state index in [9.17, 15) is 0 Å². The van der Waals surface area contributed by atoms with E-state index in [0.717, 1.165) is 19.6 Å². The fourth-order valence-electron chi connectivity index (χ4n) is 8.81. The molecule has 0 saturated carbocycles. The van der Waals surface area contributed by atoms with E-state index < -0.39 is 0 Å². The molecular weight excluding hydrogens is 557 g/mol. The van der Waals surface area contributed by atoms with Crippen LogP contribution in [0, 0.1) is 31.1 Å². The number of benzene rings is 3. The Bertz CT molecular complexity index is 2060. The predicted octanol–water partition coefficient (Wildman–Crippen LogP) is 10.8. The quantitative estimate of drug-likeness (QED) is 0.0501. The van der Waals surface area contributed by atoms with Crippen molar-refractivity contribution in [2.75, 3.05) is 13.2 Å². The smallest absolute Gasteiger partial charge is 0.295 e. The van der Waals surface area contributed by atoms with Gasteiger partial charge in [0.05, 0.1) is 12.0 Å². The summed E-state index contributed by atoms with van der Waals surface area (Å²) in [6.07, 6.45) is 10.1. The van der Waals surface area contributed by atoms with Gasteiger partial charge in [-0.25, -0.2) is 4.57 Å². The summed E-state index contributed by atoms with van der Waals surface area (Å²) in [7, 11) is 0. The molecule has 3 aromatic heterocycles. The molecule has 44 heavy (non-hydrogen) atoms. The van der Waals surface area contributed by atoms with Gasteiger partial charge in [-0.1, -0.05) is 78.3 Å². The van der Waals surface area contributed by atoms with Gasteiger partial charge < -0.3 is 4.74 Å². The van der Waals surface area contributed by atoms with Crippen molar-refractivity contribution in [1.29, 1.82) is 0 Å². The first-order valence-electron chi connectivity index (χ1n) is 16.6. The largest absolute Gasteiger partial charge is 0.381 e. The Morgan fingerprint density at radius 1 is 1.05 bits per heavy atom. The first kappa shape index (κ1) is 29.5. The van der Waals surface area contributed by atoms with Gasteiger partial charge in [0.1, 0.15) is 24.0 Å². The van der Waals surface area contributed by atoms with Crippen LogP contribution in [0.4, 0.5) is 0 Å². The summed E-state index contributed by atoms with van der Waals surface area (Å²) in [5.74, 6) is 1.64. The number of hydrogen-bond donors (Lipinski definition) is 0. The van der Waals surface area contributed by atoms with Crippen LogP contribution in [0.5, 0.6) is 0 Å². The molecule has 4 heteroatoms. The number of pyridine rings is 1. The van der Waals surface area contributed by atoms with Crippen LogP contribution < -0.4 is 4.57 Å². The topological polar surface area (TPSA) is 17.5 Å². The standard InChI is InChI=1S/C40H47N2OS/c1-9-24(4)32(10-2)40(7,8)23-43-21-18-30-33(11-3)41-19-20-42-38-29(16-17-34-35(38)25(5)26(6)44-34)31-22-27-14-12-13-15-28(27)36(30)37(31)39(41)42/h11-17,19-20,22,24,30,32-33H,3,9-10,18,21,23H2,1-2,4-8H3/q+1/t24?,30?,32-,33?/m1/s1. The molecule has 4 atom stereocenters. The molecule has 0 radical (unpaired) electrons. The van der Waals surface area contributed by atoms with Gasteiger partial charge in [0, 0.05) is 38.3 Å². The molecule has 0 aliphatic carbocycles. The van der Waals surface area contributed by atoms with Crippen molar-refractivity contribution < 1.29 is 9.30 Å². The van der Waals surface area contributed by atoms with Gasteiger partial charge in [0.2, 0.25) is 0 Å². The van der Waals surface area contributed by atoms with Crippen molar-refractivity contribution in [2.24, 2.45) is 17.3 Å². The zero-order valence-electron chi connectivity index (χ0n) is 27.5. The highest BCUT2D eigenvalue weighted by molar-refractivity contribution is 7.19. The maximum absolute atomic E-state index is 6.61. The first-order chi connectivity index (χ1) is 21.2. The fraction of sp³-hybridized carbons (Fsp3) is 0.425. The van der Waals surface area contributed by atoms with E-state index in [-0.39, 0.29) is 17.4 Å². The lowest BCUT2D eigenvalue weighted by atomic mass is 9.70. The van der Waals surface area contributed by atoms with Crippen LogP contribution >= 0.6 is 11.3 Å². The van der Waals surface area contributed by atoms with E-state index in [1.165, 1.54) is 77.0 Å². The summed E-state index contributed by atoms with van der Waals surface area (Å²) in [6, 6.07) is 16.3. The van der Waals surface area contributed by atoms with Crippen LogP contribution in [-0.4, -0.2) is 17.6 Å². The third-order valence-corrected chi connectivity index (χ3v) is 12.3. The second kappa shape index (κ2) is 11.0. The van der Waals surface area contributed by atoms with Crippen LogP contribution in [0.2, 0.25) is 0 Å². The van der Waals surface area contributed by atoms with Crippen molar-refractivity contribution in [1.82, 2.24) is 4.40 Å². The number of aromatic nitrogens is 2. The van der Waals surface area contributed by atoms with Gasteiger partial charge in [0.15, 0.2) is 0 Å². The average Bonchev–Trinajstić information content (AvgIpc) is 3.59. The number of hydrogen-bond acceptors (Lipinski definition) is 2. The van der Waals surface area contributed by atoms with Crippen LogP contribution in [0.15, 0.2) is 67.5 Å². The van der Waals surface area contributed by atoms with Gasteiger partial charge >= 0.3 is 0 Å². The molecule has 6 aromatic rings. The number of fused-ring (bicyclic) bond motifs is 7. The molecule has 0 spiro atoms. The lowest BCUT2D eigenvalue weighted by molar-refractivity contribution is -0.690. The Morgan fingerprint density at radius 3 is 2.59 bits per heavy atom. The summed E-state index contributed by atoms with van der Waals surface area (Å²) in [4.78, 5) is 1.40. The normalized spacial score (nSPS) is 18.3. The summed E-state index contributed by atoms with van der Waals surface area (Å²) in [5, 5.41) is 8.13. The van der Waals surface area contributed by atoms with E-state index >= 15 is 0 Å². The van der Waals surface area contributed by atoms with Crippen molar-refractivity contribution in [2.45, 2.75) is 79.7 Å². The lowest BCUT2D eigenvalue weighted by Crippen LogP contribution is -2.44. The molecule has 3 unspecified atom stereocenters. The Morgan fingerprint density at radius 2 is 1.84 bits per heavy atom. The van der Waals surface area contributed by atoms with Crippen molar-refractivity contribution in [3.8, 4) is 0 Å². The fourth-order valence-corrected chi connectivity index (χ4v) is 9.89. The molecule has 3 nitrogen and oxygen atoms in total. The Kier molecular flexibility index (Phi) is 7.37. The molecule has 7 rings (SSSR count). The summed E-state index contributed by atoms with van der Waals surface area (Å²) < 4.78 is 12.9. The minimum Gasteiger partial charge on any atom is -0.381 e. The highest BCUT2D eigenvalue weighted by Crippen LogP contribution is 2.48. The number of imidazole rings is 1. The van der Waals surface area contributed by atoms with Crippen molar-refractivity contribution in [3.63, 3.8) is 0 Å². The molecule has 0 N–H and O–H groups in total. The first-order valence-corrected chi connectivity index (χ1v) is 17.5. The number of nitrogens with zero attached hydrogens (tertiary/aromatic N) is 2. The van der Waals surface area contributed by atoms with Gasteiger partial charge in [0.25, 0.3) is 5.65 Å². The van der Waals surface area contributed by atoms with Crippen LogP contribution in [0.1, 0.15) is 81.8 Å². The Labute approximate surface area is 266 Å². The molecule has 228 valence electrons. The lowest BCUT2D eigenvalue weighted by Gasteiger charge is -2.37. The Balaban J connectivity index is 1.39. The molecule has 0 amide bonds. The molecule has 1 aliphatic heterocycles. The summed E-state index contributed by atoms with van der Waals surface area (Å²) in [5.41, 5.74) is 5.61. The second-order valence-electron chi connectivity index (χ2n) is 14.0. The van der Waals surface area contributed by atoms with Crippen LogP contribution in [0.25, 0.3) is 48.2 Å². The van der Waals surface area contributed by atoms with E-state index in [4.69, 9.17) is 4.74 Å². The summed E-state index contributed by atoms with van der Waals surface area (Å²) >= 11 is 1.91. The molecule has 0 saturated heterocycles. The molecule has 4 heterocycles. The monoisotopic (exact) mass is 603 g/mol. The minimum absolute atomic E-state index is 0.152. The average molecular weight is 604 g/mol. The number of allylic oxidation sites excluding steroid dienone is 1. The molecule has 1 aliphatic rings. The third-order valence-electron chi connectivity index (χ3n) is 11.2. The van der Waals surface area contributed by atoms with Gasteiger partial charge in [-0.15, -0.1) is 11.3 Å². The van der Waals surface area contributed by atoms with Gasteiger partial charge in [-0.05, 0) is 83.7 Å². The van der Waals surface area contributed by atoms with E-state index in [2.05, 4.69) is 125 Å². The number of thiophene rings is 1. The van der Waals surface area contributed by atoms with E-state index in [0.29, 0.717) is 11.8 Å². The highest BCUT2D eigenvalue weighted by Gasteiger charge is 2.39. The van der Waals surface area contributed by atoms with Crippen LogP contribution in [-0.2, 0) is 4.74 Å². The summed E-state index contributed by atoms with van der Waals surface area (Å²) in [6.45, 7) is 22.3. The van der Waals surface area contributed by atoms with E-state index in [1.807, 2.05) is 11.3 Å². The number of aryl methyl sites for hydroxylation is 2. The molecule has 0 fully saturated rings. The maximum Gasteiger partial charge on any atom is 0.295 e. The molecule has 0 bridgehead atoms. The zero-order valence-corrected chi connectivity index (χ0v) is 28.4. The number of ether oxygens (including phenoxy) is 1. The maximum atomic E-state index is 6.61. The predicted molar refractivity (Wildman–Crippen MR) is 189 cm³/mol.